The summed E-state index contributed by atoms with van der Waals surface area (Å²) in [6.45, 7) is 3.17. The summed E-state index contributed by atoms with van der Waals surface area (Å²) in [5, 5.41) is 18.9. The van der Waals surface area contributed by atoms with Gasteiger partial charge in [0, 0.05) is 18.5 Å². The molecule has 1 amide bonds. The number of aromatic nitrogens is 5. The number of hydrogen-bond acceptors (Lipinski definition) is 8. The number of aryl methyl sites for hydroxylation is 1. The third kappa shape index (κ3) is 3.17. The number of ether oxygens (including phenoxy) is 1. The second kappa shape index (κ2) is 6.82. The van der Waals surface area contributed by atoms with Gasteiger partial charge in [-0.15, -0.1) is 0 Å². The summed E-state index contributed by atoms with van der Waals surface area (Å²) >= 11 is 6.25. The first-order valence-electron chi connectivity index (χ1n) is 8.67. The van der Waals surface area contributed by atoms with Gasteiger partial charge in [0.1, 0.15) is 11.0 Å². The molecule has 4 rings (SSSR count). The Balaban J connectivity index is 1.70. The van der Waals surface area contributed by atoms with Gasteiger partial charge >= 0.3 is 6.09 Å². The molecule has 0 aliphatic heterocycles. The minimum absolute atomic E-state index is 0.119. The molecule has 1 aliphatic rings. The highest BCUT2D eigenvalue weighted by Gasteiger charge is 2.44. The number of fused-ring (bicyclic) bond motifs is 1. The molecule has 3 heterocycles. The number of imidazole rings is 1. The fourth-order valence-electron chi connectivity index (χ4n) is 3.07. The maximum absolute atomic E-state index is 10.8. The lowest BCUT2D eigenvalue weighted by Crippen LogP contribution is -2.32. The quantitative estimate of drug-likeness (QED) is 0.499. The Morgan fingerprint density at radius 2 is 2.29 bits per heavy atom. The number of nitrogen functional groups attached to an aromatic ring is 1. The molecule has 0 unspecified atom stereocenters. The van der Waals surface area contributed by atoms with E-state index in [-0.39, 0.29) is 16.4 Å². The Bertz CT molecular complexity index is 1040. The number of carboxylic acid groups (broad SMARTS) is 1. The molecule has 148 valence electrons. The first kappa shape index (κ1) is 18.3. The van der Waals surface area contributed by atoms with Crippen molar-refractivity contribution in [1.82, 2.24) is 30.2 Å². The summed E-state index contributed by atoms with van der Waals surface area (Å²) in [4.78, 5) is 19.5. The van der Waals surface area contributed by atoms with E-state index in [0.717, 1.165) is 12.8 Å². The summed E-state index contributed by atoms with van der Waals surface area (Å²) in [6.07, 6.45) is 2.26. The van der Waals surface area contributed by atoms with Crippen LogP contribution >= 0.6 is 11.6 Å². The number of hydrogen-bond donors (Lipinski definition) is 3. The molecular weight excluding hydrogens is 390 g/mol. The van der Waals surface area contributed by atoms with Crippen LogP contribution < -0.4 is 15.8 Å². The van der Waals surface area contributed by atoms with E-state index in [1.165, 1.54) is 6.20 Å². The monoisotopic (exact) mass is 407 g/mol. The number of rotatable bonds is 7. The number of amides is 1. The van der Waals surface area contributed by atoms with Crippen LogP contribution in [-0.2, 0) is 6.54 Å². The molecule has 3 aromatic rings. The highest BCUT2D eigenvalue weighted by molar-refractivity contribution is 6.34. The Morgan fingerprint density at radius 1 is 1.50 bits per heavy atom. The summed E-state index contributed by atoms with van der Waals surface area (Å²) < 4.78 is 12.6. The van der Waals surface area contributed by atoms with Gasteiger partial charge in [-0.2, -0.15) is 0 Å². The fraction of sp³-hybridized carbons (Fsp3) is 0.438. The molecule has 4 N–H and O–H groups in total. The van der Waals surface area contributed by atoms with Crippen molar-refractivity contribution in [2.24, 2.45) is 5.41 Å². The average Bonchev–Trinajstić information content (AvgIpc) is 3.14. The predicted molar refractivity (Wildman–Crippen MR) is 99.1 cm³/mol. The Hall–Kier alpha value is -3.08. The van der Waals surface area contributed by atoms with E-state index >= 15 is 0 Å². The number of pyridine rings is 1. The molecule has 0 radical (unpaired) electrons. The zero-order valence-electron chi connectivity index (χ0n) is 15.0. The SMILES string of the molecule is CCn1c(-c2nonc2N)nc2c(Cl)ncc(OCC3(CNC(=O)O)CC3)c21. The van der Waals surface area contributed by atoms with Gasteiger partial charge in [-0.1, -0.05) is 11.6 Å². The molecule has 3 aromatic heterocycles. The van der Waals surface area contributed by atoms with Crippen molar-refractivity contribution in [3.05, 3.63) is 11.3 Å². The summed E-state index contributed by atoms with van der Waals surface area (Å²) in [5.41, 5.74) is 7.03. The number of nitrogens with two attached hydrogens (primary N) is 1. The van der Waals surface area contributed by atoms with Gasteiger partial charge in [0.05, 0.1) is 12.8 Å². The number of nitrogens with zero attached hydrogens (tertiary/aromatic N) is 5. The van der Waals surface area contributed by atoms with Crippen molar-refractivity contribution in [2.75, 3.05) is 18.9 Å². The van der Waals surface area contributed by atoms with Gasteiger partial charge in [-0.25, -0.2) is 19.4 Å². The van der Waals surface area contributed by atoms with Crippen molar-refractivity contribution < 1.29 is 19.3 Å². The highest BCUT2D eigenvalue weighted by atomic mass is 35.5. The molecular formula is C16H18ClN7O4. The van der Waals surface area contributed by atoms with Gasteiger partial charge in [0.15, 0.2) is 28.2 Å². The summed E-state index contributed by atoms with van der Waals surface area (Å²) in [6, 6.07) is 0. The van der Waals surface area contributed by atoms with Crippen molar-refractivity contribution in [2.45, 2.75) is 26.3 Å². The number of halogens is 1. The van der Waals surface area contributed by atoms with Crippen LogP contribution in [0.15, 0.2) is 10.8 Å². The van der Waals surface area contributed by atoms with Crippen molar-refractivity contribution >= 4 is 34.5 Å². The van der Waals surface area contributed by atoms with Crippen LogP contribution in [0.2, 0.25) is 5.15 Å². The Morgan fingerprint density at radius 3 is 2.89 bits per heavy atom. The Labute approximate surface area is 163 Å². The zero-order valence-corrected chi connectivity index (χ0v) is 15.7. The van der Waals surface area contributed by atoms with Gasteiger partial charge < -0.3 is 25.5 Å². The largest absolute Gasteiger partial charge is 0.489 e. The molecule has 28 heavy (non-hydrogen) atoms. The first-order valence-corrected chi connectivity index (χ1v) is 9.04. The molecule has 1 aliphatic carbocycles. The molecule has 12 heteroatoms. The van der Waals surface area contributed by atoms with Gasteiger partial charge in [-0.05, 0) is 30.1 Å². The van der Waals surface area contributed by atoms with Crippen LogP contribution in [0.4, 0.5) is 10.6 Å². The van der Waals surface area contributed by atoms with E-state index in [1.54, 1.807) is 0 Å². The lowest BCUT2D eigenvalue weighted by Gasteiger charge is -2.17. The van der Waals surface area contributed by atoms with Crippen LogP contribution in [0.5, 0.6) is 5.75 Å². The van der Waals surface area contributed by atoms with Crippen molar-refractivity contribution in [1.29, 1.82) is 0 Å². The lowest BCUT2D eigenvalue weighted by molar-refractivity contribution is 0.184. The number of anilines is 1. The third-order valence-electron chi connectivity index (χ3n) is 4.84. The van der Waals surface area contributed by atoms with E-state index < -0.39 is 6.09 Å². The van der Waals surface area contributed by atoms with E-state index in [0.29, 0.717) is 48.0 Å². The summed E-state index contributed by atoms with van der Waals surface area (Å²) in [5.74, 6) is 1.06. The maximum Gasteiger partial charge on any atom is 0.404 e. The summed E-state index contributed by atoms with van der Waals surface area (Å²) in [7, 11) is 0. The topological polar surface area (TPSA) is 154 Å². The van der Waals surface area contributed by atoms with Gasteiger partial charge in [0.2, 0.25) is 0 Å². The minimum atomic E-state index is -1.05. The second-order valence-corrected chi connectivity index (χ2v) is 7.09. The molecule has 0 saturated heterocycles. The highest BCUT2D eigenvalue weighted by Crippen LogP contribution is 2.46. The smallest absolute Gasteiger partial charge is 0.404 e. The Kier molecular flexibility index (Phi) is 4.46. The van der Waals surface area contributed by atoms with Gasteiger partial charge in [-0.3, -0.25) is 0 Å². The van der Waals surface area contributed by atoms with E-state index in [4.69, 9.17) is 27.2 Å². The second-order valence-electron chi connectivity index (χ2n) is 6.74. The molecule has 0 spiro atoms. The lowest BCUT2D eigenvalue weighted by atomic mass is 10.1. The standard InChI is InChI=1S/C16H18ClN7O4/c1-2-24-11-8(27-7-16(3-4-16)6-20-15(25)26)5-19-12(17)9(11)21-14(24)10-13(18)23-28-22-10/h5,20H,2-4,6-7H2,1H3,(H2,18,23)(H,25,26). The normalized spacial score (nSPS) is 14.9. The van der Waals surface area contributed by atoms with Crippen LogP contribution in [0.1, 0.15) is 19.8 Å². The molecule has 1 saturated carbocycles. The van der Waals surface area contributed by atoms with Crippen LogP contribution in [0, 0.1) is 5.41 Å². The molecule has 0 atom stereocenters. The van der Waals surface area contributed by atoms with E-state index in [2.05, 4.69) is 30.2 Å². The van der Waals surface area contributed by atoms with Crippen molar-refractivity contribution in [3.63, 3.8) is 0 Å². The molecule has 11 nitrogen and oxygen atoms in total. The maximum atomic E-state index is 10.8. The number of carbonyl (C=O) groups is 1. The van der Waals surface area contributed by atoms with E-state index in [1.807, 2.05) is 11.5 Å². The van der Waals surface area contributed by atoms with Crippen LogP contribution in [0.25, 0.3) is 22.6 Å². The third-order valence-corrected chi connectivity index (χ3v) is 5.12. The van der Waals surface area contributed by atoms with Crippen LogP contribution in [-0.4, -0.2) is 49.2 Å². The number of nitrogens with one attached hydrogen (secondary N) is 1. The van der Waals surface area contributed by atoms with Crippen LogP contribution in [0.3, 0.4) is 0 Å². The van der Waals surface area contributed by atoms with Gasteiger partial charge in [0.25, 0.3) is 0 Å². The van der Waals surface area contributed by atoms with E-state index in [9.17, 15) is 4.79 Å². The fourth-order valence-corrected chi connectivity index (χ4v) is 3.25. The predicted octanol–water partition coefficient (Wildman–Crippen LogP) is 2.16. The first-order chi connectivity index (χ1) is 13.4. The molecule has 0 aromatic carbocycles. The minimum Gasteiger partial charge on any atom is -0.489 e. The van der Waals surface area contributed by atoms with Crippen molar-refractivity contribution in [3.8, 4) is 17.3 Å². The molecule has 1 fully saturated rings. The average molecular weight is 408 g/mol. The molecule has 0 bridgehead atoms. The zero-order chi connectivity index (χ0) is 19.9.